The van der Waals surface area contributed by atoms with Gasteiger partial charge in [0.25, 0.3) is 0 Å². The van der Waals surface area contributed by atoms with E-state index in [0.717, 1.165) is 26.2 Å². The fourth-order valence-electron chi connectivity index (χ4n) is 2.79. The molecule has 0 radical (unpaired) electrons. The highest BCUT2D eigenvalue weighted by molar-refractivity contribution is 7.91. The molecular formula is C13H20N6O4S. The van der Waals surface area contributed by atoms with E-state index in [1.54, 1.807) is 4.90 Å². The molecule has 0 saturated carbocycles. The predicted molar refractivity (Wildman–Crippen MR) is 90.4 cm³/mol. The van der Waals surface area contributed by atoms with Crippen LogP contribution in [0.5, 0.6) is 5.88 Å². The van der Waals surface area contributed by atoms with Crippen LogP contribution in [-0.4, -0.2) is 77.3 Å². The molecule has 11 heteroatoms. The Bertz CT molecular complexity index is 604. The number of nitrogens with one attached hydrogen (secondary N) is 1. The molecule has 0 bridgehead atoms. The molecule has 1 aromatic heterocycles. The zero-order valence-electron chi connectivity index (χ0n) is 13.4. The first kappa shape index (κ1) is 17.0. The average molecular weight is 356 g/mol. The minimum atomic E-state index is -0.874. The van der Waals surface area contributed by atoms with E-state index in [1.165, 1.54) is 7.11 Å². The number of ether oxygens (including phenoxy) is 1. The van der Waals surface area contributed by atoms with Crippen LogP contribution in [0, 0.1) is 10.1 Å². The monoisotopic (exact) mass is 356 g/mol. The third-order valence-corrected chi connectivity index (χ3v) is 5.35. The van der Waals surface area contributed by atoms with Gasteiger partial charge in [-0.3, -0.25) is 10.1 Å². The number of anilines is 2. The molecule has 0 atom stereocenters. The second-order valence-corrected chi connectivity index (χ2v) is 7.23. The van der Waals surface area contributed by atoms with Crippen molar-refractivity contribution in [1.29, 1.82) is 0 Å². The fraction of sp³-hybridized carbons (Fsp3) is 0.692. The van der Waals surface area contributed by atoms with Gasteiger partial charge in [0.1, 0.15) is 11.5 Å². The largest absolute Gasteiger partial charge is 0.616 e. The van der Waals surface area contributed by atoms with E-state index in [1.807, 2.05) is 4.90 Å². The second kappa shape index (κ2) is 7.36. The van der Waals surface area contributed by atoms with Crippen LogP contribution >= 0.6 is 0 Å². The molecule has 2 aliphatic rings. The van der Waals surface area contributed by atoms with Crippen molar-refractivity contribution in [2.45, 2.75) is 0 Å². The van der Waals surface area contributed by atoms with Crippen molar-refractivity contribution in [3.05, 3.63) is 10.1 Å². The molecule has 0 spiro atoms. The summed E-state index contributed by atoms with van der Waals surface area (Å²) in [6.07, 6.45) is 0. The standard InChI is InChI=1S/C13H20N6O4S/c1-23-12-10(19(20)21)11(17-6-8-24(22)9-7-17)15-13(16-12)18-4-2-14-3-5-18/h14H,2-9H2,1H3. The summed E-state index contributed by atoms with van der Waals surface area (Å²) in [6.45, 7) is 4.00. The molecular weight excluding hydrogens is 336 g/mol. The fourth-order valence-corrected chi connectivity index (χ4v) is 3.84. The van der Waals surface area contributed by atoms with E-state index < -0.39 is 16.1 Å². The highest BCUT2D eigenvalue weighted by atomic mass is 32.2. The third kappa shape index (κ3) is 3.47. The predicted octanol–water partition coefficient (Wildman–Crippen LogP) is -0.628. The number of rotatable bonds is 4. The lowest BCUT2D eigenvalue weighted by Gasteiger charge is -2.31. The van der Waals surface area contributed by atoms with Crippen LogP contribution in [0.3, 0.4) is 0 Å². The molecule has 2 aliphatic heterocycles. The van der Waals surface area contributed by atoms with Crippen LogP contribution in [0.15, 0.2) is 0 Å². The number of hydrogen-bond acceptors (Lipinski definition) is 9. The first-order valence-electron chi connectivity index (χ1n) is 7.76. The summed E-state index contributed by atoms with van der Waals surface area (Å²) in [6, 6.07) is 0. The Labute approximate surface area is 142 Å². The SMILES string of the molecule is COc1nc(N2CCNCC2)nc(N2CC[S+]([O-])CC2)c1[N+](=O)[O-]. The molecule has 0 aromatic carbocycles. The number of piperazine rings is 1. The van der Waals surface area contributed by atoms with Crippen molar-refractivity contribution in [2.75, 3.05) is 67.7 Å². The van der Waals surface area contributed by atoms with Gasteiger partial charge in [0.05, 0.1) is 25.1 Å². The van der Waals surface area contributed by atoms with Crippen molar-refractivity contribution < 1.29 is 14.2 Å². The number of nitro groups is 1. The summed E-state index contributed by atoms with van der Waals surface area (Å²) < 4.78 is 16.7. The smallest absolute Gasteiger partial charge is 0.373 e. The summed E-state index contributed by atoms with van der Waals surface area (Å²) in [5.41, 5.74) is -0.232. The number of nitrogens with zero attached hydrogens (tertiary/aromatic N) is 5. The quantitative estimate of drug-likeness (QED) is 0.427. The summed E-state index contributed by atoms with van der Waals surface area (Å²) in [5.74, 6) is 1.60. The van der Waals surface area contributed by atoms with E-state index >= 15 is 0 Å². The molecule has 2 saturated heterocycles. The van der Waals surface area contributed by atoms with Gasteiger partial charge in [-0.1, -0.05) is 11.2 Å². The second-order valence-electron chi connectivity index (χ2n) is 5.53. The van der Waals surface area contributed by atoms with Crippen LogP contribution in [-0.2, 0) is 11.2 Å². The lowest BCUT2D eigenvalue weighted by molar-refractivity contribution is -0.385. The molecule has 0 aliphatic carbocycles. The summed E-state index contributed by atoms with van der Waals surface area (Å²) in [4.78, 5) is 23.5. The zero-order valence-corrected chi connectivity index (χ0v) is 14.3. The Balaban J connectivity index is 2.00. The molecule has 24 heavy (non-hydrogen) atoms. The van der Waals surface area contributed by atoms with Gasteiger partial charge in [-0.05, 0) is 0 Å². The molecule has 0 amide bonds. The average Bonchev–Trinajstić information content (AvgIpc) is 2.61. The van der Waals surface area contributed by atoms with Crippen molar-refractivity contribution in [2.24, 2.45) is 0 Å². The van der Waals surface area contributed by atoms with Gasteiger partial charge < -0.3 is 24.4 Å². The van der Waals surface area contributed by atoms with Crippen LogP contribution < -0.4 is 19.9 Å². The lowest BCUT2D eigenvalue weighted by Crippen LogP contribution is -2.45. The summed E-state index contributed by atoms with van der Waals surface area (Å²) in [7, 11) is 1.37. The molecule has 3 heterocycles. The molecule has 0 unspecified atom stereocenters. The minimum absolute atomic E-state index is 0.0368. The van der Waals surface area contributed by atoms with E-state index in [4.69, 9.17) is 4.74 Å². The van der Waals surface area contributed by atoms with E-state index in [9.17, 15) is 14.7 Å². The van der Waals surface area contributed by atoms with Crippen LogP contribution in [0.4, 0.5) is 17.5 Å². The van der Waals surface area contributed by atoms with Crippen LogP contribution in [0.25, 0.3) is 0 Å². The molecule has 132 valence electrons. The maximum Gasteiger partial charge on any atom is 0.373 e. The topological polar surface area (TPSA) is 120 Å². The molecule has 1 aromatic rings. The van der Waals surface area contributed by atoms with Crippen molar-refractivity contribution >= 4 is 28.6 Å². The van der Waals surface area contributed by atoms with E-state index in [-0.39, 0.29) is 17.4 Å². The highest BCUT2D eigenvalue weighted by Crippen LogP contribution is 2.36. The van der Waals surface area contributed by atoms with Crippen molar-refractivity contribution in [3.63, 3.8) is 0 Å². The zero-order chi connectivity index (χ0) is 17.1. The summed E-state index contributed by atoms with van der Waals surface area (Å²) in [5, 5.41) is 14.8. The number of aromatic nitrogens is 2. The van der Waals surface area contributed by atoms with E-state index in [0.29, 0.717) is 30.5 Å². The highest BCUT2D eigenvalue weighted by Gasteiger charge is 2.33. The first-order valence-corrected chi connectivity index (χ1v) is 9.25. The van der Waals surface area contributed by atoms with Gasteiger partial charge in [0.15, 0.2) is 0 Å². The van der Waals surface area contributed by atoms with Crippen molar-refractivity contribution in [3.8, 4) is 5.88 Å². The maximum absolute atomic E-state index is 11.6. The van der Waals surface area contributed by atoms with Gasteiger partial charge >= 0.3 is 11.6 Å². The normalized spacial score (nSPS) is 19.4. The summed E-state index contributed by atoms with van der Waals surface area (Å²) >= 11 is -0.874. The Hall–Kier alpha value is -1.85. The Morgan fingerprint density at radius 1 is 1.17 bits per heavy atom. The molecule has 1 N–H and O–H groups in total. The van der Waals surface area contributed by atoms with Gasteiger partial charge in [-0.15, -0.1) is 0 Å². The lowest BCUT2D eigenvalue weighted by atomic mass is 10.3. The van der Waals surface area contributed by atoms with Crippen LogP contribution in [0.2, 0.25) is 0 Å². The Morgan fingerprint density at radius 3 is 2.42 bits per heavy atom. The van der Waals surface area contributed by atoms with Crippen LogP contribution in [0.1, 0.15) is 0 Å². The van der Waals surface area contributed by atoms with Crippen molar-refractivity contribution in [1.82, 2.24) is 15.3 Å². The van der Waals surface area contributed by atoms with Gasteiger partial charge in [-0.2, -0.15) is 9.97 Å². The minimum Gasteiger partial charge on any atom is -0.616 e. The molecule has 2 fully saturated rings. The number of hydrogen-bond donors (Lipinski definition) is 1. The van der Waals surface area contributed by atoms with Gasteiger partial charge in [0, 0.05) is 26.2 Å². The first-order chi connectivity index (χ1) is 11.6. The Morgan fingerprint density at radius 2 is 1.83 bits per heavy atom. The Kier molecular flexibility index (Phi) is 5.21. The maximum atomic E-state index is 11.6. The number of methoxy groups -OCH3 is 1. The van der Waals surface area contributed by atoms with E-state index in [2.05, 4.69) is 15.3 Å². The molecule has 3 rings (SSSR count). The third-order valence-electron chi connectivity index (χ3n) is 4.07. The van der Waals surface area contributed by atoms with Gasteiger partial charge in [-0.25, -0.2) is 0 Å². The van der Waals surface area contributed by atoms with Gasteiger partial charge in [0.2, 0.25) is 11.8 Å². The molecule has 10 nitrogen and oxygen atoms in total.